The van der Waals surface area contributed by atoms with Gasteiger partial charge >= 0.3 is 5.69 Å². The summed E-state index contributed by atoms with van der Waals surface area (Å²) in [6.07, 6.45) is -3.13. The predicted octanol–water partition coefficient (Wildman–Crippen LogP) is 0.361. The molecule has 0 saturated carbocycles. The molecule has 1 saturated heterocycles. The Morgan fingerprint density at radius 3 is 2.76 bits per heavy atom. The van der Waals surface area contributed by atoms with Crippen molar-refractivity contribution in [2.75, 3.05) is 13.3 Å². The number of hydrogen-bond donors (Lipinski definition) is 3. The monoisotopic (exact) mass is 379 g/mol. The standard InChI is InChI=1S/C14H23FN3O6P/c1-8(2)17-25(4,22)23-7-9-11(20)14(3,15)12(24-9)18-6-5-10(19)16-13(18)21/h5-6,8-9,11-12,20H,7H2,1-4H3,(H,17,22)(H,16,19,21)/t9-,11+,12-,14?,25?/m1/s1. The highest BCUT2D eigenvalue weighted by atomic mass is 31.2. The maximum absolute atomic E-state index is 14.9. The van der Waals surface area contributed by atoms with Crippen molar-refractivity contribution in [3.63, 3.8) is 0 Å². The van der Waals surface area contributed by atoms with Crippen LogP contribution in [-0.4, -0.2) is 51.8 Å². The van der Waals surface area contributed by atoms with Gasteiger partial charge in [-0.1, -0.05) is 0 Å². The van der Waals surface area contributed by atoms with Crippen molar-refractivity contribution in [1.29, 1.82) is 0 Å². The number of hydrogen-bond acceptors (Lipinski definition) is 6. The second kappa shape index (κ2) is 7.13. The molecule has 1 fully saturated rings. The van der Waals surface area contributed by atoms with E-state index in [4.69, 9.17) is 9.26 Å². The molecule has 2 unspecified atom stereocenters. The van der Waals surface area contributed by atoms with E-state index in [1.165, 1.54) is 6.66 Å². The van der Waals surface area contributed by atoms with Crippen LogP contribution in [0, 0.1) is 0 Å². The van der Waals surface area contributed by atoms with Gasteiger partial charge in [-0.3, -0.25) is 18.9 Å². The van der Waals surface area contributed by atoms with E-state index in [-0.39, 0.29) is 12.6 Å². The summed E-state index contributed by atoms with van der Waals surface area (Å²) in [5, 5.41) is 12.9. The van der Waals surface area contributed by atoms with Crippen LogP contribution >= 0.6 is 7.52 Å². The van der Waals surface area contributed by atoms with Crippen molar-refractivity contribution in [2.24, 2.45) is 0 Å². The van der Waals surface area contributed by atoms with Gasteiger partial charge in [-0.15, -0.1) is 0 Å². The Morgan fingerprint density at radius 2 is 2.20 bits per heavy atom. The molecule has 142 valence electrons. The third kappa shape index (κ3) is 4.45. The number of H-pyrrole nitrogens is 1. The van der Waals surface area contributed by atoms with Crippen LogP contribution in [-0.2, 0) is 13.8 Å². The molecule has 0 aliphatic carbocycles. The Hall–Kier alpha value is -1.32. The molecule has 0 spiro atoms. The summed E-state index contributed by atoms with van der Waals surface area (Å²) >= 11 is 0. The molecule has 1 aromatic heterocycles. The molecule has 25 heavy (non-hydrogen) atoms. The topological polar surface area (TPSA) is 123 Å². The lowest BCUT2D eigenvalue weighted by atomic mass is 9.98. The molecule has 2 rings (SSSR count). The molecule has 0 radical (unpaired) electrons. The number of nitrogens with one attached hydrogen (secondary N) is 2. The van der Waals surface area contributed by atoms with Gasteiger partial charge in [0.1, 0.15) is 12.2 Å². The van der Waals surface area contributed by atoms with Gasteiger partial charge < -0.3 is 14.4 Å². The predicted molar refractivity (Wildman–Crippen MR) is 88.5 cm³/mol. The average molecular weight is 379 g/mol. The summed E-state index contributed by atoms with van der Waals surface area (Å²) < 4.78 is 38.7. The lowest BCUT2D eigenvalue weighted by Crippen LogP contribution is -2.43. The maximum Gasteiger partial charge on any atom is 0.330 e. The van der Waals surface area contributed by atoms with E-state index >= 15 is 0 Å². The number of aromatic amines is 1. The van der Waals surface area contributed by atoms with Crippen LogP contribution in [0.5, 0.6) is 0 Å². The lowest BCUT2D eigenvalue weighted by molar-refractivity contribution is -0.0585. The molecule has 1 aromatic rings. The summed E-state index contributed by atoms with van der Waals surface area (Å²) in [6.45, 7) is 5.70. The van der Waals surface area contributed by atoms with E-state index in [0.717, 1.165) is 23.8 Å². The summed E-state index contributed by atoms with van der Waals surface area (Å²) in [6, 6.07) is 0.952. The Kier molecular flexibility index (Phi) is 5.70. The second-order valence-corrected chi connectivity index (χ2v) is 8.77. The van der Waals surface area contributed by atoms with Gasteiger partial charge in [0.25, 0.3) is 13.1 Å². The summed E-state index contributed by atoms with van der Waals surface area (Å²) in [7, 11) is -3.16. The van der Waals surface area contributed by atoms with Gasteiger partial charge in [0.15, 0.2) is 11.9 Å². The van der Waals surface area contributed by atoms with Crippen molar-refractivity contribution in [3.8, 4) is 0 Å². The molecule has 9 nitrogen and oxygen atoms in total. The first-order valence-corrected chi connectivity index (χ1v) is 9.85. The Balaban J connectivity index is 2.17. The van der Waals surface area contributed by atoms with E-state index in [9.17, 15) is 23.7 Å². The molecule has 0 aromatic carbocycles. The second-order valence-electron chi connectivity index (χ2n) is 6.57. The molecule has 11 heteroatoms. The van der Waals surface area contributed by atoms with Gasteiger partial charge in [0.05, 0.1) is 6.61 Å². The van der Waals surface area contributed by atoms with Crippen molar-refractivity contribution < 1.29 is 23.3 Å². The molecule has 5 atom stereocenters. The number of halogens is 1. The van der Waals surface area contributed by atoms with Gasteiger partial charge in [0.2, 0.25) is 0 Å². The highest BCUT2D eigenvalue weighted by Crippen LogP contribution is 2.43. The number of alkyl halides is 1. The van der Waals surface area contributed by atoms with Gasteiger partial charge in [-0.05, 0) is 20.8 Å². The first kappa shape index (κ1) is 20.0. The summed E-state index contributed by atoms with van der Waals surface area (Å²) in [5.41, 5.74) is -3.82. The number of nitrogens with zero attached hydrogens (tertiary/aromatic N) is 1. The Morgan fingerprint density at radius 1 is 1.56 bits per heavy atom. The number of ether oxygens (including phenoxy) is 1. The van der Waals surface area contributed by atoms with Crippen LogP contribution in [0.1, 0.15) is 27.0 Å². The smallest absolute Gasteiger partial charge is 0.330 e. The molecular formula is C14H23FN3O6P. The van der Waals surface area contributed by atoms with Crippen LogP contribution in [0.25, 0.3) is 0 Å². The molecule has 0 bridgehead atoms. The fourth-order valence-electron chi connectivity index (χ4n) is 2.68. The van der Waals surface area contributed by atoms with Gasteiger partial charge in [0, 0.05) is 25.0 Å². The van der Waals surface area contributed by atoms with Crippen molar-refractivity contribution >= 4 is 7.52 Å². The van der Waals surface area contributed by atoms with Gasteiger partial charge in [-0.2, -0.15) is 0 Å². The third-order valence-corrected chi connectivity index (χ3v) is 5.43. The van der Waals surface area contributed by atoms with Crippen molar-refractivity contribution in [3.05, 3.63) is 33.1 Å². The van der Waals surface area contributed by atoms with Crippen LogP contribution in [0.3, 0.4) is 0 Å². The molecular weight excluding hydrogens is 356 g/mol. The van der Waals surface area contributed by atoms with Crippen molar-refractivity contribution in [1.82, 2.24) is 14.6 Å². The molecule has 2 heterocycles. The van der Waals surface area contributed by atoms with Crippen LogP contribution in [0.15, 0.2) is 21.9 Å². The molecule has 0 amide bonds. The van der Waals surface area contributed by atoms with E-state index in [0.29, 0.717) is 0 Å². The van der Waals surface area contributed by atoms with Crippen molar-refractivity contribution in [2.45, 2.75) is 50.9 Å². The summed E-state index contributed by atoms with van der Waals surface area (Å²) in [4.78, 5) is 25.0. The number of aliphatic hydroxyl groups is 1. The lowest BCUT2D eigenvalue weighted by Gasteiger charge is -2.24. The zero-order valence-electron chi connectivity index (χ0n) is 14.4. The number of aromatic nitrogens is 2. The summed E-state index contributed by atoms with van der Waals surface area (Å²) in [5.74, 6) is 0. The molecule has 1 aliphatic heterocycles. The van der Waals surface area contributed by atoms with E-state index in [1.807, 2.05) is 4.98 Å². The Labute approximate surface area is 143 Å². The number of aliphatic hydroxyl groups excluding tert-OH is 1. The maximum atomic E-state index is 14.9. The minimum atomic E-state index is -3.16. The normalized spacial score (nSPS) is 32.0. The zero-order chi connectivity index (χ0) is 19.0. The van der Waals surface area contributed by atoms with Gasteiger partial charge in [-0.25, -0.2) is 14.3 Å². The Bertz CT molecular complexity index is 776. The van der Waals surface area contributed by atoms with Crippen LogP contribution in [0.2, 0.25) is 0 Å². The average Bonchev–Trinajstić information content (AvgIpc) is 2.67. The SMILES string of the molecule is CC(C)NP(C)(=O)OC[C@H]1O[C@@H](n2ccc(=O)[nH]c2=O)C(C)(F)[C@H]1O. The van der Waals surface area contributed by atoms with E-state index < -0.39 is 42.9 Å². The first-order valence-electron chi connectivity index (χ1n) is 7.78. The quantitative estimate of drug-likeness (QED) is 0.610. The fraction of sp³-hybridized carbons (Fsp3) is 0.714. The highest BCUT2D eigenvalue weighted by Gasteiger charge is 2.55. The van der Waals surface area contributed by atoms with E-state index in [1.54, 1.807) is 13.8 Å². The van der Waals surface area contributed by atoms with E-state index in [2.05, 4.69) is 5.09 Å². The largest absolute Gasteiger partial charge is 0.387 e. The highest BCUT2D eigenvalue weighted by molar-refractivity contribution is 7.56. The first-order chi connectivity index (χ1) is 11.4. The number of rotatable bonds is 6. The minimum absolute atomic E-state index is 0.0934. The van der Waals surface area contributed by atoms with Crippen LogP contribution < -0.4 is 16.3 Å². The van der Waals surface area contributed by atoms with Crippen LogP contribution in [0.4, 0.5) is 4.39 Å². The zero-order valence-corrected chi connectivity index (χ0v) is 15.3. The minimum Gasteiger partial charge on any atom is -0.387 e. The fourth-order valence-corrected chi connectivity index (χ4v) is 4.13. The third-order valence-electron chi connectivity index (χ3n) is 3.80. The molecule has 3 N–H and O–H groups in total. The molecule has 1 aliphatic rings.